The molecule has 1 aromatic carbocycles. The highest BCUT2D eigenvalue weighted by molar-refractivity contribution is 9.10. The van der Waals surface area contributed by atoms with E-state index in [4.69, 9.17) is 0 Å². The number of amides is 2. The van der Waals surface area contributed by atoms with Crippen LogP contribution in [0.25, 0.3) is 0 Å². The standard InChI is InChI=1S/C16H17BrN4O2/c1-9(22)21-8-12-13(16(21,2)3)19-20-14(12)18-15(23)10-5-4-6-11(17)7-10/h4-7H,8H2,1-3H3,(H2,18,19,20,23). The first-order valence-electron chi connectivity index (χ1n) is 7.23. The molecule has 0 aliphatic carbocycles. The van der Waals surface area contributed by atoms with Gasteiger partial charge in [-0.25, -0.2) is 0 Å². The number of hydrogen-bond acceptors (Lipinski definition) is 3. The zero-order chi connectivity index (χ0) is 16.8. The molecule has 3 rings (SSSR count). The molecule has 2 amide bonds. The van der Waals surface area contributed by atoms with Gasteiger partial charge in [-0.2, -0.15) is 5.10 Å². The molecule has 0 saturated heterocycles. The molecule has 6 nitrogen and oxygen atoms in total. The maximum atomic E-state index is 12.4. The summed E-state index contributed by atoms with van der Waals surface area (Å²) in [7, 11) is 0. The average Bonchev–Trinajstić information content (AvgIpc) is 2.98. The Hall–Kier alpha value is -2.15. The van der Waals surface area contributed by atoms with Gasteiger partial charge >= 0.3 is 0 Å². The molecule has 1 aromatic heterocycles. The lowest BCUT2D eigenvalue weighted by atomic mass is 10.0. The minimum atomic E-state index is -0.465. The van der Waals surface area contributed by atoms with E-state index in [0.717, 1.165) is 15.7 Å². The number of H-pyrrole nitrogens is 1. The van der Waals surface area contributed by atoms with Crippen molar-refractivity contribution in [2.75, 3.05) is 5.32 Å². The average molecular weight is 377 g/mol. The predicted octanol–water partition coefficient (Wildman–Crippen LogP) is 3.02. The molecule has 0 atom stereocenters. The van der Waals surface area contributed by atoms with Crippen molar-refractivity contribution in [2.45, 2.75) is 32.9 Å². The molecule has 0 bridgehead atoms. The van der Waals surface area contributed by atoms with Crippen molar-refractivity contribution in [1.29, 1.82) is 0 Å². The third kappa shape index (κ3) is 2.65. The summed E-state index contributed by atoms with van der Waals surface area (Å²) in [6, 6.07) is 7.14. The first-order chi connectivity index (χ1) is 10.8. The molecular weight excluding hydrogens is 360 g/mol. The molecule has 0 unspecified atom stereocenters. The largest absolute Gasteiger partial charge is 0.328 e. The molecule has 2 aromatic rings. The molecule has 1 aliphatic heterocycles. The molecule has 1 aliphatic rings. The van der Waals surface area contributed by atoms with E-state index < -0.39 is 5.54 Å². The number of aromatic amines is 1. The van der Waals surface area contributed by atoms with Gasteiger partial charge in [-0.1, -0.05) is 22.0 Å². The number of nitrogens with one attached hydrogen (secondary N) is 2. The minimum absolute atomic E-state index is 0.0103. The second kappa shape index (κ2) is 5.49. The van der Waals surface area contributed by atoms with E-state index in [1.807, 2.05) is 19.9 Å². The normalized spacial score (nSPS) is 15.4. The highest BCUT2D eigenvalue weighted by atomic mass is 79.9. The second-order valence-corrected chi connectivity index (χ2v) is 6.97. The number of carbonyl (C=O) groups excluding carboxylic acids is 2. The molecule has 7 heteroatoms. The van der Waals surface area contributed by atoms with Gasteiger partial charge < -0.3 is 10.2 Å². The third-order valence-electron chi connectivity index (χ3n) is 4.17. The molecule has 120 valence electrons. The maximum Gasteiger partial charge on any atom is 0.256 e. The van der Waals surface area contributed by atoms with Crippen molar-refractivity contribution in [3.63, 3.8) is 0 Å². The Bertz CT molecular complexity index is 797. The Morgan fingerprint density at radius 2 is 2.13 bits per heavy atom. The summed E-state index contributed by atoms with van der Waals surface area (Å²) >= 11 is 3.35. The van der Waals surface area contributed by atoms with E-state index in [1.165, 1.54) is 0 Å². The van der Waals surface area contributed by atoms with Crippen LogP contribution in [0.3, 0.4) is 0 Å². The van der Waals surface area contributed by atoms with Crippen LogP contribution in [-0.2, 0) is 16.9 Å². The van der Waals surface area contributed by atoms with Crippen molar-refractivity contribution in [1.82, 2.24) is 15.1 Å². The summed E-state index contributed by atoms with van der Waals surface area (Å²) < 4.78 is 0.835. The van der Waals surface area contributed by atoms with Crippen LogP contribution in [0.15, 0.2) is 28.7 Å². The Kier molecular flexibility index (Phi) is 3.75. The van der Waals surface area contributed by atoms with E-state index in [1.54, 1.807) is 30.0 Å². The molecule has 0 radical (unpaired) electrons. The molecule has 23 heavy (non-hydrogen) atoms. The van der Waals surface area contributed by atoms with Crippen LogP contribution in [0.1, 0.15) is 42.4 Å². The van der Waals surface area contributed by atoms with Gasteiger partial charge in [0.1, 0.15) is 0 Å². The molecule has 0 saturated carbocycles. The van der Waals surface area contributed by atoms with Gasteiger partial charge in [-0.15, -0.1) is 0 Å². The summed E-state index contributed by atoms with van der Waals surface area (Å²) in [5, 5.41) is 9.99. The van der Waals surface area contributed by atoms with Gasteiger partial charge in [0.2, 0.25) is 5.91 Å². The van der Waals surface area contributed by atoms with Gasteiger partial charge in [-0.3, -0.25) is 14.7 Å². The molecule has 2 heterocycles. The van der Waals surface area contributed by atoms with Crippen LogP contribution in [-0.4, -0.2) is 26.9 Å². The first-order valence-corrected chi connectivity index (χ1v) is 8.03. The fraction of sp³-hybridized carbons (Fsp3) is 0.312. The summed E-state index contributed by atoms with van der Waals surface area (Å²) in [5.74, 6) is 0.227. The highest BCUT2D eigenvalue weighted by Gasteiger charge is 2.42. The van der Waals surface area contributed by atoms with E-state index in [0.29, 0.717) is 17.9 Å². The van der Waals surface area contributed by atoms with E-state index in [9.17, 15) is 9.59 Å². The Morgan fingerprint density at radius 3 is 2.78 bits per heavy atom. The molecule has 0 fully saturated rings. The molecule has 2 N–H and O–H groups in total. The first kappa shape index (κ1) is 15.7. The number of fused-ring (bicyclic) bond motifs is 1. The summed E-state index contributed by atoms with van der Waals surface area (Å²) in [5.41, 5.74) is 1.79. The highest BCUT2D eigenvalue weighted by Crippen LogP contribution is 2.40. The number of rotatable bonds is 2. The Morgan fingerprint density at radius 1 is 1.39 bits per heavy atom. The van der Waals surface area contributed by atoms with Gasteiger partial charge in [0.15, 0.2) is 5.82 Å². The van der Waals surface area contributed by atoms with Crippen LogP contribution in [0.4, 0.5) is 5.82 Å². The van der Waals surface area contributed by atoms with E-state index in [2.05, 4.69) is 31.4 Å². The van der Waals surface area contributed by atoms with E-state index in [-0.39, 0.29) is 11.8 Å². The number of nitrogens with zero attached hydrogens (tertiary/aromatic N) is 2. The lowest BCUT2D eigenvalue weighted by Gasteiger charge is -2.30. The van der Waals surface area contributed by atoms with Crippen molar-refractivity contribution < 1.29 is 9.59 Å². The van der Waals surface area contributed by atoms with Crippen molar-refractivity contribution in [3.05, 3.63) is 45.6 Å². The van der Waals surface area contributed by atoms with E-state index >= 15 is 0 Å². The van der Waals surface area contributed by atoms with Crippen LogP contribution in [0.2, 0.25) is 0 Å². The monoisotopic (exact) mass is 376 g/mol. The number of halogens is 1. The summed E-state index contributed by atoms with van der Waals surface area (Å²) in [6.07, 6.45) is 0. The van der Waals surface area contributed by atoms with Crippen LogP contribution >= 0.6 is 15.9 Å². The van der Waals surface area contributed by atoms with Crippen molar-refractivity contribution in [2.24, 2.45) is 0 Å². The number of benzene rings is 1. The topological polar surface area (TPSA) is 78.1 Å². The lowest BCUT2D eigenvalue weighted by Crippen LogP contribution is -2.39. The number of carbonyl (C=O) groups is 2. The SMILES string of the molecule is CC(=O)N1Cc2c(NC(=O)c3cccc(Br)c3)n[nH]c2C1(C)C. The van der Waals surface area contributed by atoms with Crippen molar-refractivity contribution >= 4 is 33.6 Å². The van der Waals surface area contributed by atoms with Crippen molar-refractivity contribution in [3.8, 4) is 0 Å². The molecular formula is C16H17BrN4O2. The lowest BCUT2D eigenvalue weighted by molar-refractivity contribution is -0.134. The van der Waals surface area contributed by atoms with Crippen LogP contribution in [0, 0.1) is 0 Å². The summed E-state index contributed by atoms with van der Waals surface area (Å²) in [6.45, 7) is 5.89. The zero-order valence-electron chi connectivity index (χ0n) is 13.1. The van der Waals surface area contributed by atoms with Crippen LogP contribution < -0.4 is 5.32 Å². The third-order valence-corrected chi connectivity index (χ3v) is 4.66. The zero-order valence-corrected chi connectivity index (χ0v) is 14.7. The van der Waals surface area contributed by atoms with Crippen LogP contribution in [0.5, 0.6) is 0 Å². The summed E-state index contributed by atoms with van der Waals surface area (Å²) in [4.78, 5) is 25.9. The number of hydrogen-bond donors (Lipinski definition) is 2. The molecule has 0 spiro atoms. The number of aromatic nitrogens is 2. The quantitative estimate of drug-likeness (QED) is 0.845. The fourth-order valence-electron chi connectivity index (χ4n) is 2.93. The van der Waals surface area contributed by atoms with Gasteiger partial charge in [-0.05, 0) is 32.0 Å². The number of anilines is 1. The van der Waals surface area contributed by atoms with Gasteiger partial charge in [0.05, 0.1) is 17.8 Å². The van der Waals surface area contributed by atoms with Gasteiger partial charge in [0, 0.05) is 22.5 Å². The Balaban J connectivity index is 1.88. The Labute approximate surface area is 142 Å². The minimum Gasteiger partial charge on any atom is -0.328 e. The second-order valence-electron chi connectivity index (χ2n) is 6.05. The smallest absolute Gasteiger partial charge is 0.256 e. The fourth-order valence-corrected chi connectivity index (χ4v) is 3.33. The maximum absolute atomic E-state index is 12.4. The predicted molar refractivity (Wildman–Crippen MR) is 89.9 cm³/mol. The van der Waals surface area contributed by atoms with Gasteiger partial charge in [0.25, 0.3) is 5.91 Å².